The largest absolute Gasteiger partial charge is 0.497 e. The van der Waals surface area contributed by atoms with E-state index in [9.17, 15) is 9.59 Å². The predicted molar refractivity (Wildman–Crippen MR) is 132 cm³/mol. The van der Waals surface area contributed by atoms with Crippen LogP contribution in [0.1, 0.15) is 43.2 Å². The number of hydrogen-bond acceptors (Lipinski definition) is 4. The summed E-state index contributed by atoms with van der Waals surface area (Å²) in [5, 5.41) is 4.06. The Morgan fingerprint density at radius 3 is 2.59 bits per heavy atom. The fraction of sp³-hybridized carbons (Fsp3) is 0.407. The Kier molecular flexibility index (Phi) is 6.55. The minimum Gasteiger partial charge on any atom is -0.497 e. The van der Waals surface area contributed by atoms with Crippen molar-refractivity contribution in [1.29, 1.82) is 0 Å². The zero-order valence-electron chi connectivity index (χ0n) is 20.6. The Hall–Kier alpha value is -3.48. The maximum absolute atomic E-state index is 13.9. The van der Waals surface area contributed by atoms with Crippen LogP contribution in [0.15, 0.2) is 48.5 Å². The molecule has 0 aliphatic carbocycles. The molecule has 7 nitrogen and oxygen atoms in total. The summed E-state index contributed by atoms with van der Waals surface area (Å²) in [4.78, 5) is 29.2. The number of hydrogen-bond donors (Lipinski definition) is 1. The van der Waals surface area contributed by atoms with Gasteiger partial charge in [0.25, 0.3) is 5.91 Å². The lowest BCUT2D eigenvalue weighted by Crippen LogP contribution is -2.63. The minimum absolute atomic E-state index is 0.155. The second-order valence-corrected chi connectivity index (χ2v) is 9.46. The van der Waals surface area contributed by atoms with Gasteiger partial charge < -0.3 is 24.3 Å². The molecule has 1 aliphatic rings. The number of fused-ring (bicyclic) bond motifs is 3. The van der Waals surface area contributed by atoms with E-state index in [0.29, 0.717) is 36.2 Å². The fourth-order valence-electron chi connectivity index (χ4n) is 4.57. The van der Waals surface area contributed by atoms with Gasteiger partial charge in [0.05, 0.1) is 27.3 Å². The van der Waals surface area contributed by atoms with Gasteiger partial charge in [-0.05, 0) is 43.5 Å². The molecule has 0 saturated heterocycles. The average Bonchev–Trinajstić information content (AvgIpc) is 3.20. The number of rotatable bonds is 8. The first kappa shape index (κ1) is 23.7. The van der Waals surface area contributed by atoms with E-state index < -0.39 is 5.54 Å². The van der Waals surface area contributed by atoms with Crippen LogP contribution in [0, 0.1) is 5.92 Å². The summed E-state index contributed by atoms with van der Waals surface area (Å²) in [6.07, 6.45) is 0.875. The number of carbonyl (C=O) groups excluding carboxylic acids is 2. The number of nitrogens with zero attached hydrogens (tertiary/aromatic N) is 2. The Morgan fingerprint density at radius 2 is 1.88 bits per heavy atom. The molecule has 1 aliphatic heterocycles. The Bertz CT molecular complexity index is 1220. The van der Waals surface area contributed by atoms with Gasteiger partial charge in [0.1, 0.15) is 22.7 Å². The first-order valence-electron chi connectivity index (χ1n) is 11.7. The van der Waals surface area contributed by atoms with Crippen molar-refractivity contribution in [3.8, 4) is 11.5 Å². The maximum atomic E-state index is 13.9. The van der Waals surface area contributed by atoms with E-state index in [0.717, 1.165) is 22.9 Å². The third-order valence-corrected chi connectivity index (χ3v) is 6.66. The van der Waals surface area contributed by atoms with E-state index in [1.165, 1.54) is 0 Å². The number of carbonyl (C=O) groups is 2. The SMILES string of the molecule is COc1ccc(CN2C(=O)c3cc4ccccc4n3CC2(C)C(=O)NCCC(C)C)c(OC)c1. The summed E-state index contributed by atoms with van der Waals surface area (Å²) in [6.45, 7) is 7.27. The number of benzene rings is 2. The van der Waals surface area contributed by atoms with Gasteiger partial charge >= 0.3 is 0 Å². The third kappa shape index (κ3) is 4.22. The number of ether oxygens (including phenoxy) is 2. The predicted octanol–water partition coefficient (Wildman–Crippen LogP) is 4.24. The van der Waals surface area contributed by atoms with Crippen LogP contribution < -0.4 is 14.8 Å². The highest BCUT2D eigenvalue weighted by Gasteiger charge is 2.47. The summed E-state index contributed by atoms with van der Waals surface area (Å²) in [5.41, 5.74) is 1.27. The van der Waals surface area contributed by atoms with Crippen LogP contribution in [0.3, 0.4) is 0 Å². The highest BCUT2D eigenvalue weighted by molar-refractivity contribution is 6.03. The zero-order chi connectivity index (χ0) is 24.5. The number of para-hydroxylation sites is 1. The molecule has 1 N–H and O–H groups in total. The topological polar surface area (TPSA) is 72.8 Å². The lowest BCUT2D eigenvalue weighted by molar-refractivity contribution is -0.133. The molecule has 0 radical (unpaired) electrons. The molecule has 2 amide bonds. The van der Waals surface area contributed by atoms with Gasteiger partial charge in [0.15, 0.2) is 0 Å². The standard InChI is InChI=1S/C27H33N3O4/c1-18(2)12-13-28-26(32)27(3)17-29-22-9-7-6-8-19(22)14-23(29)25(31)30(27)16-20-10-11-21(33-4)15-24(20)34-5/h6-11,14-15,18H,12-13,16-17H2,1-5H3,(H,28,32). The lowest BCUT2D eigenvalue weighted by Gasteiger charge is -2.44. The first-order chi connectivity index (χ1) is 16.3. The molecule has 34 heavy (non-hydrogen) atoms. The molecule has 1 aromatic heterocycles. The molecule has 0 fully saturated rings. The molecule has 0 bridgehead atoms. The van der Waals surface area contributed by atoms with E-state index >= 15 is 0 Å². The van der Waals surface area contributed by atoms with Crippen molar-refractivity contribution in [1.82, 2.24) is 14.8 Å². The smallest absolute Gasteiger partial charge is 0.271 e. The van der Waals surface area contributed by atoms with Crippen molar-refractivity contribution in [2.45, 2.75) is 45.8 Å². The number of methoxy groups -OCH3 is 2. The molecule has 1 unspecified atom stereocenters. The van der Waals surface area contributed by atoms with E-state index in [-0.39, 0.29) is 18.4 Å². The molecule has 2 aromatic carbocycles. The molecular weight excluding hydrogens is 430 g/mol. The quantitative estimate of drug-likeness (QED) is 0.543. The van der Waals surface area contributed by atoms with Crippen LogP contribution in [-0.4, -0.2) is 47.6 Å². The van der Waals surface area contributed by atoms with Gasteiger partial charge in [-0.1, -0.05) is 32.0 Å². The van der Waals surface area contributed by atoms with Crippen molar-refractivity contribution in [2.24, 2.45) is 5.92 Å². The van der Waals surface area contributed by atoms with Gasteiger partial charge in [-0.3, -0.25) is 9.59 Å². The normalized spacial score (nSPS) is 17.7. The van der Waals surface area contributed by atoms with Crippen molar-refractivity contribution < 1.29 is 19.1 Å². The first-order valence-corrected chi connectivity index (χ1v) is 11.7. The van der Waals surface area contributed by atoms with Crippen molar-refractivity contribution in [3.63, 3.8) is 0 Å². The van der Waals surface area contributed by atoms with Crippen LogP contribution in [0.2, 0.25) is 0 Å². The molecule has 4 rings (SSSR count). The van der Waals surface area contributed by atoms with Gasteiger partial charge in [-0.2, -0.15) is 0 Å². The van der Waals surface area contributed by atoms with Gasteiger partial charge in [0, 0.05) is 29.1 Å². The van der Waals surface area contributed by atoms with Gasteiger partial charge in [0.2, 0.25) is 5.91 Å². The Labute approximate surface area is 200 Å². The van der Waals surface area contributed by atoms with E-state index in [4.69, 9.17) is 9.47 Å². The van der Waals surface area contributed by atoms with Gasteiger partial charge in [-0.25, -0.2) is 0 Å². The van der Waals surface area contributed by atoms with Crippen molar-refractivity contribution in [3.05, 3.63) is 59.8 Å². The third-order valence-electron chi connectivity index (χ3n) is 6.66. The molecule has 1 atom stereocenters. The molecule has 7 heteroatoms. The summed E-state index contributed by atoms with van der Waals surface area (Å²) in [7, 11) is 3.19. The highest BCUT2D eigenvalue weighted by atomic mass is 16.5. The molecule has 2 heterocycles. The van der Waals surface area contributed by atoms with Gasteiger partial charge in [-0.15, -0.1) is 0 Å². The van der Waals surface area contributed by atoms with Crippen LogP contribution in [0.5, 0.6) is 11.5 Å². The monoisotopic (exact) mass is 463 g/mol. The van der Waals surface area contributed by atoms with E-state index in [2.05, 4.69) is 19.2 Å². The molecular formula is C27H33N3O4. The molecule has 180 valence electrons. The fourth-order valence-corrected chi connectivity index (χ4v) is 4.57. The Balaban J connectivity index is 1.76. The Morgan fingerprint density at radius 1 is 1.12 bits per heavy atom. The molecule has 0 saturated carbocycles. The minimum atomic E-state index is -1.08. The summed E-state index contributed by atoms with van der Waals surface area (Å²) in [5.74, 6) is 1.42. The van der Waals surface area contributed by atoms with Crippen LogP contribution in [0.25, 0.3) is 10.9 Å². The van der Waals surface area contributed by atoms with Crippen molar-refractivity contribution in [2.75, 3.05) is 20.8 Å². The lowest BCUT2D eigenvalue weighted by atomic mass is 9.93. The number of nitrogens with one attached hydrogen (secondary N) is 1. The second kappa shape index (κ2) is 9.41. The van der Waals surface area contributed by atoms with Crippen LogP contribution >= 0.6 is 0 Å². The zero-order valence-corrected chi connectivity index (χ0v) is 20.6. The van der Waals surface area contributed by atoms with Crippen molar-refractivity contribution >= 4 is 22.7 Å². The number of aromatic nitrogens is 1. The maximum Gasteiger partial charge on any atom is 0.271 e. The summed E-state index contributed by atoms with van der Waals surface area (Å²) >= 11 is 0. The van der Waals surface area contributed by atoms with E-state index in [1.54, 1.807) is 25.2 Å². The second-order valence-electron chi connectivity index (χ2n) is 9.46. The van der Waals surface area contributed by atoms with Crippen LogP contribution in [-0.2, 0) is 17.9 Å². The highest BCUT2D eigenvalue weighted by Crippen LogP contribution is 2.35. The average molecular weight is 464 g/mol. The summed E-state index contributed by atoms with van der Waals surface area (Å²) in [6, 6.07) is 15.3. The van der Waals surface area contributed by atoms with Crippen LogP contribution in [0.4, 0.5) is 0 Å². The summed E-state index contributed by atoms with van der Waals surface area (Å²) < 4.78 is 12.9. The van der Waals surface area contributed by atoms with E-state index in [1.807, 2.05) is 54.0 Å². The molecule has 0 spiro atoms. The molecule has 3 aromatic rings. The number of amides is 2.